The second kappa shape index (κ2) is 6.02. The van der Waals surface area contributed by atoms with Crippen molar-refractivity contribution >= 4 is 0 Å². The summed E-state index contributed by atoms with van der Waals surface area (Å²) >= 11 is 0. The van der Waals surface area contributed by atoms with Gasteiger partial charge in [0.2, 0.25) is 0 Å². The summed E-state index contributed by atoms with van der Waals surface area (Å²) in [7, 11) is 0. The Kier molecular flexibility index (Phi) is 4.66. The third-order valence-electron chi connectivity index (χ3n) is 4.21. The van der Waals surface area contributed by atoms with Crippen molar-refractivity contribution in [3.05, 3.63) is 0 Å². The minimum atomic E-state index is 0.674. The Morgan fingerprint density at radius 3 is 2.31 bits per heavy atom. The van der Waals surface area contributed by atoms with Crippen molar-refractivity contribution in [2.24, 2.45) is 5.92 Å². The molecule has 1 saturated heterocycles. The summed E-state index contributed by atoms with van der Waals surface area (Å²) in [5, 5.41) is 3.64. The van der Waals surface area contributed by atoms with E-state index >= 15 is 0 Å². The van der Waals surface area contributed by atoms with Crippen molar-refractivity contribution in [3.63, 3.8) is 0 Å². The molecule has 2 aliphatic rings. The maximum absolute atomic E-state index is 3.64. The minimum Gasteiger partial charge on any atom is -0.313 e. The Morgan fingerprint density at radius 1 is 0.938 bits per heavy atom. The fraction of sp³-hybridized carbons (Fsp3) is 1.00. The Hall–Kier alpha value is -0.0800. The Bertz CT molecular complexity index is 185. The van der Waals surface area contributed by atoms with Crippen LogP contribution in [0.4, 0.5) is 0 Å². The molecule has 16 heavy (non-hydrogen) atoms. The van der Waals surface area contributed by atoms with Crippen LogP contribution >= 0.6 is 0 Å². The lowest BCUT2D eigenvalue weighted by Crippen LogP contribution is -2.41. The van der Waals surface area contributed by atoms with E-state index in [0.29, 0.717) is 6.04 Å². The molecule has 1 aliphatic carbocycles. The molecular formula is C14H28N2. The van der Waals surface area contributed by atoms with Gasteiger partial charge >= 0.3 is 0 Å². The van der Waals surface area contributed by atoms with Crippen molar-refractivity contribution in [1.29, 1.82) is 0 Å². The lowest BCUT2D eigenvalue weighted by atomic mass is 10.0. The maximum atomic E-state index is 3.64. The van der Waals surface area contributed by atoms with Crippen molar-refractivity contribution in [2.45, 2.75) is 64.5 Å². The van der Waals surface area contributed by atoms with Gasteiger partial charge in [-0.3, -0.25) is 4.90 Å². The third kappa shape index (κ3) is 3.46. The molecule has 1 heterocycles. The highest BCUT2D eigenvalue weighted by Gasteiger charge is 2.25. The molecule has 0 radical (unpaired) electrons. The van der Waals surface area contributed by atoms with Crippen LogP contribution < -0.4 is 5.32 Å². The number of nitrogens with one attached hydrogen (secondary N) is 1. The summed E-state index contributed by atoms with van der Waals surface area (Å²) in [4.78, 5) is 2.78. The van der Waals surface area contributed by atoms with Crippen LogP contribution in [-0.2, 0) is 0 Å². The third-order valence-corrected chi connectivity index (χ3v) is 4.21. The van der Waals surface area contributed by atoms with Crippen LogP contribution in [0.25, 0.3) is 0 Å². The van der Waals surface area contributed by atoms with E-state index in [1.165, 1.54) is 58.2 Å². The van der Waals surface area contributed by atoms with Gasteiger partial charge in [0.25, 0.3) is 0 Å². The van der Waals surface area contributed by atoms with Crippen LogP contribution in [0.3, 0.4) is 0 Å². The van der Waals surface area contributed by atoms with E-state index in [4.69, 9.17) is 0 Å². The minimum absolute atomic E-state index is 0.674. The number of hydrogen-bond acceptors (Lipinski definition) is 2. The van der Waals surface area contributed by atoms with Gasteiger partial charge < -0.3 is 5.32 Å². The number of nitrogens with zero attached hydrogens (tertiary/aromatic N) is 1. The quantitative estimate of drug-likeness (QED) is 0.689. The molecule has 2 heteroatoms. The van der Waals surface area contributed by atoms with E-state index in [1.54, 1.807) is 0 Å². The van der Waals surface area contributed by atoms with Crippen molar-refractivity contribution in [1.82, 2.24) is 10.2 Å². The molecular weight excluding hydrogens is 196 g/mol. The molecule has 0 aromatic carbocycles. The predicted molar refractivity (Wildman–Crippen MR) is 69.7 cm³/mol. The van der Waals surface area contributed by atoms with Crippen LogP contribution in [-0.4, -0.2) is 36.6 Å². The summed E-state index contributed by atoms with van der Waals surface area (Å²) in [5.74, 6) is 0.813. The molecule has 2 nitrogen and oxygen atoms in total. The second-order valence-corrected chi connectivity index (χ2v) is 6.01. The molecule has 2 rings (SSSR count). The van der Waals surface area contributed by atoms with Crippen LogP contribution in [0.1, 0.15) is 52.4 Å². The van der Waals surface area contributed by atoms with Gasteiger partial charge in [-0.2, -0.15) is 0 Å². The fourth-order valence-electron chi connectivity index (χ4n) is 3.28. The standard InChI is InChI=1S/C14H28N2/c1-12-9-15-13(2)11-16(10-12)14-7-5-3-4-6-8-14/h12-15H,3-11H2,1-2H3. The largest absolute Gasteiger partial charge is 0.313 e. The normalized spacial score (nSPS) is 35.6. The Labute approximate surface area is 101 Å². The zero-order valence-corrected chi connectivity index (χ0v) is 11.0. The molecule has 2 unspecified atom stereocenters. The molecule has 0 amide bonds. The van der Waals surface area contributed by atoms with E-state index < -0.39 is 0 Å². The highest BCUT2D eigenvalue weighted by molar-refractivity contribution is 4.82. The van der Waals surface area contributed by atoms with Gasteiger partial charge in [-0.05, 0) is 32.2 Å². The van der Waals surface area contributed by atoms with Crippen molar-refractivity contribution < 1.29 is 0 Å². The average molecular weight is 224 g/mol. The Balaban J connectivity index is 1.93. The first kappa shape index (κ1) is 12.4. The first-order valence-corrected chi connectivity index (χ1v) is 7.23. The molecule has 2 atom stereocenters. The SMILES string of the molecule is CC1CNC(C)CN(C2CCCCCC2)C1. The van der Waals surface area contributed by atoms with Gasteiger partial charge in [0.15, 0.2) is 0 Å². The van der Waals surface area contributed by atoms with E-state index in [-0.39, 0.29) is 0 Å². The highest BCUT2D eigenvalue weighted by Crippen LogP contribution is 2.23. The lowest BCUT2D eigenvalue weighted by molar-refractivity contribution is 0.164. The second-order valence-electron chi connectivity index (χ2n) is 6.01. The highest BCUT2D eigenvalue weighted by atomic mass is 15.2. The van der Waals surface area contributed by atoms with E-state index in [9.17, 15) is 0 Å². The predicted octanol–water partition coefficient (Wildman–Crippen LogP) is 2.64. The summed E-state index contributed by atoms with van der Waals surface area (Å²) in [6, 6.07) is 1.56. The Morgan fingerprint density at radius 2 is 1.62 bits per heavy atom. The summed E-state index contributed by atoms with van der Waals surface area (Å²) < 4.78 is 0. The van der Waals surface area contributed by atoms with Gasteiger partial charge in [-0.15, -0.1) is 0 Å². The van der Waals surface area contributed by atoms with E-state index in [2.05, 4.69) is 24.1 Å². The molecule has 0 aromatic heterocycles. The molecule has 0 bridgehead atoms. The first-order valence-electron chi connectivity index (χ1n) is 7.23. The molecule has 1 N–H and O–H groups in total. The average Bonchev–Trinajstić information content (AvgIpc) is 2.60. The zero-order chi connectivity index (χ0) is 11.4. The van der Waals surface area contributed by atoms with Gasteiger partial charge in [-0.1, -0.05) is 32.6 Å². The van der Waals surface area contributed by atoms with Crippen LogP contribution in [0, 0.1) is 5.92 Å². The van der Waals surface area contributed by atoms with Gasteiger partial charge in [0.05, 0.1) is 0 Å². The maximum Gasteiger partial charge on any atom is 0.0166 e. The molecule has 2 fully saturated rings. The van der Waals surface area contributed by atoms with Crippen molar-refractivity contribution in [2.75, 3.05) is 19.6 Å². The summed E-state index contributed by atoms with van der Waals surface area (Å²) in [6.45, 7) is 8.48. The van der Waals surface area contributed by atoms with Gasteiger partial charge in [0, 0.05) is 25.2 Å². The van der Waals surface area contributed by atoms with Crippen LogP contribution in [0.5, 0.6) is 0 Å². The van der Waals surface area contributed by atoms with Gasteiger partial charge in [-0.25, -0.2) is 0 Å². The molecule has 0 spiro atoms. The topological polar surface area (TPSA) is 15.3 Å². The molecule has 0 aromatic rings. The fourth-order valence-corrected chi connectivity index (χ4v) is 3.28. The summed E-state index contributed by atoms with van der Waals surface area (Å²) in [5.41, 5.74) is 0. The number of hydrogen-bond donors (Lipinski definition) is 1. The molecule has 94 valence electrons. The lowest BCUT2D eigenvalue weighted by Gasteiger charge is -2.32. The van der Waals surface area contributed by atoms with Crippen LogP contribution in [0.2, 0.25) is 0 Å². The van der Waals surface area contributed by atoms with Crippen molar-refractivity contribution in [3.8, 4) is 0 Å². The zero-order valence-electron chi connectivity index (χ0n) is 11.0. The van der Waals surface area contributed by atoms with E-state index in [0.717, 1.165) is 12.0 Å². The van der Waals surface area contributed by atoms with Gasteiger partial charge in [0.1, 0.15) is 0 Å². The van der Waals surface area contributed by atoms with E-state index in [1.807, 2.05) is 0 Å². The first-order chi connectivity index (χ1) is 7.75. The monoisotopic (exact) mass is 224 g/mol. The summed E-state index contributed by atoms with van der Waals surface area (Å²) in [6.07, 6.45) is 8.73. The van der Waals surface area contributed by atoms with Crippen LogP contribution in [0.15, 0.2) is 0 Å². The molecule has 1 saturated carbocycles. The molecule has 1 aliphatic heterocycles. The number of rotatable bonds is 1. The smallest absolute Gasteiger partial charge is 0.0166 e.